The number of nitrogens with zero attached hydrogens (tertiary/aromatic N) is 3. The van der Waals surface area contributed by atoms with Crippen molar-refractivity contribution in [2.75, 3.05) is 31.6 Å². The number of aromatic nitrogens is 2. The van der Waals surface area contributed by atoms with Crippen molar-refractivity contribution in [1.82, 2.24) is 20.6 Å². The predicted octanol–water partition coefficient (Wildman–Crippen LogP) is 5.92. The third-order valence-corrected chi connectivity index (χ3v) is 9.80. The van der Waals surface area contributed by atoms with Crippen LogP contribution in [-0.2, 0) is 0 Å². The van der Waals surface area contributed by atoms with Gasteiger partial charge in [0.1, 0.15) is 22.9 Å². The van der Waals surface area contributed by atoms with Crippen molar-refractivity contribution >= 4 is 27.5 Å². The second-order valence-corrected chi connectivity index (χ2v) is 13.0. The van der Waals surface area contributed by atoms with Gasteiger partial charge in [-0.2, -0.15) is 9.97 Å². The molecule has 4 aromatic rings. The van der Waals surface area contributed by atoms with E-state index in [4.69, 9.17) is 9.72 Å². The third kappa shape index (κ3) is 4.54. The number of fused-ring (bicyclic) bond motifs is 4. The van der Waals surface area contributed by atoms with Crippen molar-refractivity contribution in [2.45, 2.75) is 63.6 Å². The van der Waals surface area contributed by atoms with E-state index in [9.17, 15) is 5.11 Å². The van der Waals surface area contributed by atoms with Crippen LogP contribution in [0.3, 0.4) is 0 Å². The number of hydrogen-bond donors (Lipinski definition) is 3. The Balaban J connectivity index is 1.39. The number of ether oxygens (including phenoxy) is 1. The molecule has 7 rings (SSSR count). The smallest absolute Gasteiger partial charge is 0.319 e. The van der Waals surface area contributed by atoms with E-state index in [1.54, 1.807) is 12.1 Å². The molecule has 3 aliphatic rings. The molecular formula is C33H37F2N5O2. The highest BCUT2D eigenvalue weighted by Gasteiger charge is 2.42. The van der Waals surface area contributed by atoms with Gasteiger partial charge in [-0.1, -0.05) is 37.6 Å². The molecule has 1 saturated carbocycles. The molecule has 3 fully saturated rings. The fourth-order valence-electron chi connectivity index (χ4n) is 7.65. The van der Waals surface area contributed by atoms with E-state index in [1.165, 1.54) is 12.1 Å². The second-order valence-electron chi connectivity index (χ2n) is 13.0. The summed E-state index contributed by atoms with van der Waals surface area (Å²) >= 11 is 0. The summed E-state index contributed by atoms with van der Waals surface area (Å²) in [4.78, 5) is 11.5. The number of hydrogen-bond acceptors (Lipinski definition) is 7. The Hall–Kier alpha value is -3.56. The van der Waals surface area contributed by atoms with Gasteiger partial charge in [0.15, 0.2) is 5.82 Å². The van der Waals surface area contributed by atoms with Gasteiger partial charge in [-0.15, -0.1) is 0 Å². The van der Waals surface area contributed by atoms with Crippen LogP contribution in [0.1, 0.15) is 46.0 Å². The highest BCUT2D eigenvalue weighted by atomic mass is 19.1. The predicted molar refractivity (Wildman–Crippen MR) is 161 cm³/mol. The van der Waals surface area contributed by atoms with Crippen LogP contribution in [-0.4, -0.2) is 59.4 Å². The lowest BCUT2D eigenvalue weighted by Gasteiger charge is -2.40. The first-order valence-electron chi connectivity index (χ1n) is 14.9. The number of aromatic hydroxyl groups is 1. The Morgan fingerprint density at radius 1 is 1.10 bits per heavy atom. The number of benzene rings is 3. The molecule has 0 spiro atoms. The van der Waals surface area contributed by atoms with Gasteiger partial charge in [0, 0.05) is 41.5 Å². The third-order valence-electron chi connectivity index (χ3n) is 9.80. The summed E-state index contributed by atoms with van der Waals surface area (Å²) in [7, 11) is 1.97. The molecule has 3 aromatic carbocycles. The summed E-state index contributed by atoms with van der Waals surface area (Å²) < 4.78 is 39.0. The highest BCUT2D eigenvalue weighted by Crippen LogP contribution is 2.42. The molecule has 220 valence electrons. The summed E-state index contributed by atoms with van der Waals surface area (Å²) in [6.45, 7) is 6.11. The molecule has 3 heterocycles. The van der Waals surface area contributed by atoms with Gasteiger partial charge in [-0.3, -0.25) is 0 Å². The summed E-state index contributed by atoms with van der Waals surface area (Å²) in [5, 5.41) is 19.2. The average molecular weight is 574 g/mol. The maximum absolute atomic E-state index is 16.7. The molecule has 2 aliphatic heterocycles. The minimum Gasteiger partial charge on any atom is -0.508 e. The molecule has 1 aliphatic carbocycles. The van der Waals surface area contributed by atoms with E-state index in [1.807, 2.05) is 25.2 Å². The van der Waals surface area contributed by atoms with Crippen LogP contribution in [0.25, 0.3) is 32.8 Å². The molecule has 1 unspecified atom stereocenters. The Labute approximate surface area is 244 Å². The maximum Gasteiger partial charge on any atom is 0.319 e. The van der Waals surface area contributed by atoms with Crippen LogP contribution < -0.4 is 20.3 Å². The zero-order valence-corrected chi connectivity index (χ0v) is 24.3. The summed E-state index contributed by atoms with van der Waals surface area (Å²) in [5.74, 6) is -1.10. The lowest BCUT2D eigenvalue weighted by atomic mass is 9.86. The van der Waals surface area contributed by atoms with Gasteiger partial charge in [0.2, 0.25) is 0 Å². The molecule has 2 bridgehead atoms. The lowest BCUT2D eigenvalue weighted by molar-refractivity contribution is 0.131. The van der Waals surface area contributed by atoms with Gasteiger partial charge < -0.3 is 25.4 Å². The molecule has 0 radical (unpaired) electrons. The van der Waals surface area contributed by atoms with Crippen molar-refractivity contribution in [1.29, 1.82) is 0 Å². The number of phenols is 1. The molecule has 4 atom stereocenters. The number of nitrogens with one attached hydrogen (secondary N) is 2. The fourth-order valence-corrected chi connectivity index (χ4v) is 7.65. The van der Waals surface area contributed by atoms with E-state index < -0.39 is 11.6 Å². The normalized spacial score (nSPS) is 27.3. The molecule has 2 saturated heterocycles. The van der Waals surface area contributed by atoms with Crippen molar-refractivity contribution in [3.8, 4) is 22.9 Å². The molecule has 1 aromatic heterocycles. The van der Waals surface area contributed by atoms with Crippen molar-refractivity contribution < 1.29 is 18.6 Å². The first-order chi connectivity index (χ1) is 20.2. The zero-order chi connectivity index (χ0) is 29.2. The molecule has 7 nitrogen and oxygen atoms in total. The summed E-state index contributed by atoms with van der Waals surface area (Å²) in [5.41, 5.74) is -0.155. The quantitative estimate of drug-likeness (QED) is 0.264. The molecule has 0 amide bonds. The molecule has 42 heavy (non-hydrogen) atoms. The summed E-state index contributed by atoms with van der Waals surface area (Å²) in [6, 6.07) is 12.2. The largest absolute Gasteiger partial charge is 0.508 e. The average Bonchev–Trinajstić information content (AvgIpc) is 3.48. The minimum atomic E-state index is -0.793. The van der Waals surface area contributed by atoms with Gasteiger partial charge >= 0.3 is 6.01 Å². The maximum atomic E-state index is 16.7. The fraction of sp³-hybridized carbons (Fsp3) is 0.455. The number of phenolic OH excluding ortho intramolecular Hbond substituents is 1. The van der Waals surface area contributed by atoms with E-state index in [2.05, 4.69) is 34.4 Å². The Morgan fingerprint density at radius 2 is 1.93 bits per heavy atom. The minimum absolute atomic E-state index is 0.0107. The van der Waals surface area contributed by atoms with Gasteiger partial charge in [0.05, 0.1) is 12.2 Å². The van der Waals surface area contributed by atoms with Crippen LogP contribution in [0.4, 0.5) is 14.6 Å². The van der Waals surface area contributed by atoms with Crippen molar-refractivity contribution in [2.24, 2.45) is 5.41 Å². The lowest BCUT2D eigenvalue weighted by Crippen LogP contribution is -2.58. The molecule has 3 N–H and O–H groups in total. The number of anilines is 1. The molecule has 9 heteroatoms. The highest BCUT2D eigenvalue weighted by molar-refractivity contribution is 6.01. The summed E-state index contributed by atoms with van der Waals surface area (Å²) in [6.07, 6.45) is 5.24. The van der Waals surface area contributed by atoms with E-state index in [-0.39, 0.29) is 45.4 Å². The first kappa shape index (κ1) is 27.3. The van der Waals surface area contributed by atoms with Gasteiger partial charge in [-0.05, 0) is 74.2 Å². The second kappa shape index (κ2) is 10.0. The van der Waals surface area contributed by atoms with E-state index >= 15 is 8.78 Å². The van der Waals surface area contributed by atoms with E-state index in [0.717, 1.165) is 32.1 Å². The van der Waals surface area contributed by atoms with Crippen LogP contribution in [0.5, 0.6) is 11.8 Å². The van der Waals surface area contributed by atoms with Crippen LogP contribution in [0.15, 0.2) is 42.5 Å². The van der Waals surface area contributed by atoms with E-state index in [0.29, 0.717) is 47.7 Å². The van der Waals surface area contributed by atoms with Crippen LogP contribution >= 0.6 is 0 Å². The number of halogens is 2. The topological polar surface area (TPSA) is 82.5 Å². The monoisotopic (exact) mass is 573 g/mol. The Morgan fingerprint density at radius 3 is 2.74 bits per heavy atom. The van der Waals surface area contributed by atoms with Gasteiger partial charge in [0.25, 0.3) is 0 Å². The molecular weight excluding hydrogens is 536 g/mol. The Bertz CT molecular complexity index is 1700. The standard InChI is InChI=1S/C33H37F2N5O2/c1-32(11-6-9-26(32)36-3)18-42-31-37-29-24(30(38-31)40-16-20-10-12-33(2,17-40)39-20)15-25(34)27(28(29)35)23-14-21(41)13-19-7-4-5-8-22(19)23/h4-5,7-8,13-15,20,26,36,39,41H,6,9-12,16-18H2,1-3H3/t20-,26?,32-,33-/m1/s1. The van der Waals surface area contributed by atoms with Crippen LogP contribution in [0, 0.1) is 17.0 Å². The van der Waals surface area contributed by atoms with Crippen molar-refractivity contribution in [3.63, 3.8) is 0 Å². The zero-order valence-electron chi connectivity index (χ0n) is 24.3. The van der Waals surface area contributed by atoms with Gasteiger partial charge in [-0.25, -0.2) is 8.78 Å². The Kier molecular flexibility index (Phi) is 6.51. The van der Waals surface area contributed by atoms with Crippen LogP contribution in [0.2, 0.25) is 0 Å². The van der Waals surface area contributed by atoms with Crippen molar-refractivity contribution in [3.05, 3.63) is 54.1 Å². The number of piperazine rings is 1. The SMILES string of the molecule is CNC1CCC[C@]1(C)COc1nc(N2C[C@H]3CC[C@](C)(C2)N3)c2cc(F)c(-c3cc(O)cc4ccccc34)c(F)c2n1. The number of rotatable bonds is 6. The first-order valence-corrected chi connectivity index (χ1v) is 14.9.